The highest BCUT2D eigenvalue weighted by atomic mass is 15.0. The number of aromatic nitrogens is 2. The van der Waals surface area contributed by atoms with E-state index in [1.54, 1.807) is 0 Å². The minimum atomic E-state index is 0.153. The van der Waals surface area contributed by atoms with Gasteiger partial charge < -0.3 is 11.1 Å². The zero-order valence-electron chi connectivity index (χ0n) is 9.91. The van der Waals surface area contributed by atoms with Gasteiger partial charge in [0, 0.05) is 24.3 Å². The van der Waals surface area contributed by atoms with E-state index in [0.717, 1.165) is 23.9 Å². The van der Waals surface area contributed by atoms with Crippen molar-refractivity contribution in [1.29, 1.82) is 0 Å². The Morgan fingerprint density at radius 1 is 1.33 bits per heavy atom. The van der Waals surface area contributed by atoms with Crippen LogP contribution in [0.5, 0.6) is 0 Å². The van der Waals surface area contributed by atoms with Crippen LogP contribution in [-0.4, -0.2) is 22.6 Å². The molecule has 0 aliphatic heterocycles. The standard InChI is InChI=1S/C11H20N4/c1-7(2)10(12)6-13-11-5-8(3)14-9(4)15-11/h5,7,10H,6,12H2,1-4H3,(H,13,14,15). The molecule has 0 aromatic carbocycles. The van der Waals surface area contributed by atoms with E-state index < -0.39 is 0 Å². The van der Waals surface area contributed by atoms with E-state index in [1.165, 1.54) is 0 Å². The van der Waals surface area contributed by atoms with Crippen molar-refractivity contribution in [2.75, 3.05) is 11.9 Å². The first kappa shape index (κ1) is 11.9. The van der Waals surface area contributed by atoms with E-state index in [4.69, 9.17) is 5.73 Å². The number of nitrogens with zero attached hydrogens (tertiary/aromatic N) is 2. The van der Waals surface area contributed by atoms with Gasteiger partial charge in [0.1, 0.15) is 11.6 Å². The number of hydrogen-bond donors (Lipinski definition) is 2. The molecule has 0 saturated heterocycles. The van der Waals surface area contributed by atoms with E-state index in [2.05, 4.69) is 29.1 Å². The molecule has 4 heteroatoms. The molecule has 1 unspecified atom stereocenters. The lowest BCUT2D eigenvalue weighted by molar-refractivity contribution is 0.511. The lowest BCUT2D eigenvalue weighted by atomic mass is 10.1. The van der Waals surface area contributed by atoms with Gasteiger partial charge in [-0.15, -0.1) is 0 Å². The number of aryl methyl sites for hydroxylation is 2. The van der Waals surface area contributed by atoms with Crippen molar-refractivity contribution < 1.29 is 0 Å². The van der Waals surface area contributed by atoms with Crippen LogP contribution in [0.1, 0.15) is 25.4 Å². The quantitative estimate of drug-likeness (QED) is 0.787. The lowest BCUT2D eigenvalue weighted by Crippen LogP contribution is -2.34. The lowest BCUT2D eigenvalue weighted by Gasteiger charge is -2.16. The topological polar surface area (TPSA) is 63.8 Å². The summed E-state index contributed by atoms with van der Waals surface area (Å²) in [6.07, 6.45) is 0. The van der Waals surface area contributed by atoms with E-state index in [1.807, 2.05) is 19.9 Å². The number of nitrogens with two attached hydrogens (primary N) is 1. The number of hydrogen-bond acceptors (Lipinski definition) is 4. The Labute approximate surface area is 91.3 Å². The molecule has 0 aliphatic rings. The highest BCUT2D eigenvalue weighted by molar-refractivity contribution is 5.35. The first-order chi connectivity index (χ1) is 6.99. The molecule has 1 aromatic rings. The van der Waals surface area contributed by atoms with Gasteiger partial charge in [-0.3, -0.25) is 0 Å². The third kappa shape index (κ3) is 3.83. The third-order valence-electron chi connectivity index (χ3n) is 2.34. The summed E-state index contributed by atoms with van der Waals surface area (Å²) in [7, 11) is 0. The largest absolute Gasteiger partial charge is 0.368 e. The molecule has 1 atom stereocenters. The van der Waals surface area contributed by atoms with Gasteiger partial charge in [0.2, 0.25) is 0 Å². The fourth-order valence-corrected chi connectivity index (χ4v) is 1.27. The summed E-state index contributed by atoms with van der Waals surface area (Å²) in [5, 5.41) is 3.23. The van der Waals surface area contributed by atoms with Crippen LogP contribution >= 0.6 is 0 Å². The van der Waals surface area contributed by atoms with Crippen molar-refractivity contribution in [3.8, 4) is 0 Å². The van der Waals surface area contributed by atoms with Gasteiger partial charge in [0.05, 0.1) is 0 Å². The minimum Gasteiger partial charge on any atom is -0.368 e. The molecule has 3 N–H and O–H groups in total. The van der Waals surface area contributed by atoms with Crippen LogP contribution in [0.25, 0.3) is 0 Å². The van der Waals surface area contributed by atoms with Gasteiger partial charge in [-0.1, -0.05) is 13.8 Å². The zero-order chi connectivity index (χ0) is 11.4. The zero-order valence-corrected chi connectivity index (χ0v) is 9.91. The second-order valence-corrected chi connectivity index (χ2v) is 4.23. The van der Waals surface area contributed by atoms with Gasteiger partial charge in [-0.25, -0.2) is 9.97 Å². The van der Waals surface area contributed by atoms with Crippen LogP contribution in [0.3, 0.4) is 0 Å². The third-order valence-corrected chi connectivity index (χ3v) is 2.34. The first-order valence-corrected chi connectivity index (χ1v) is 5.30. The predicted octanol–water partition coefficient (Wildman–Crippen LogP) is 1.49. The fourth-order valence-electron chi connectivity index (χ4n) is 1.27. The molecule has 0 aliphatic carbocycles. The highest BCUT2D eigenvalue weighted by Crippen LogP contribution is 2.06. The minimum absolute atomic E-state index is 0.153. The molecule has 0 amide bonds. The average Bonchev–Trinajstić information content (AvgIpc) is 2.12. The molecule has 1 heterocycles. The second-order valence-electron chi connectivity index (χ2n) is 4.23. The van der Waals surface area contributed by atoms with Crippen molar-refractivity contribution in [3.63, 3.8) is 0 Å². The normalized spacial score (nSPS) is 12.9. The maximum Gasteiger partial charge on any atom is 0.129 e. The van der Waals surface area contributed by atoms with E-state index in [0.29, 0.717) is 5.92 Å². The van der Waals surface area contributed by atoms with Crippen LogP contribution in [-0.2, 0) is 0 Å². The van der Waals surface area contributed by atoms with Crippen molar-refractivity contribution in [1.82, 2.24) is 9.97 Å². The SMILES string of the molecule is Cc1cc(NCC(N)C(C)C)nc(C)n1. The van der Waals surface area contributed by atoms with E-state index in [9.17, 15) is 0 Å². The van der Waals surface area contributed by atoms with Crippen molar-refractivity contribution in [3.05, 3.63) is 17.6 Å². The maximum atomic E-state index is 5.93. The smallest absolute Gasteiger partial charge is 0.129 e. The summed E-state index contributed by atoms with van der Waals surface area (Å²) in [6.45, 7) is 8.82. The Morgan fingerprint density at radius 3 is 2.53 bits per heavy atom. The molecular formula is C11H20N4. The molecule has 0 radical (unpaired) electrons. The van der Waals surface area contributed by atoms with Gasteiger partial charge in [-0.2, -0.15) is 0 Å². The highest BCUT2D eigenvalue weighted by Gasteiger charge is 2.07. The summed E-state index contributed by atoms with van der Waals surface area (Å²) in [4.78, 5) is 8.50. The fraction of sp³-hybridized carbons (Fsp3) is 0.636. The van der Waals surface area contributed by atoms with Crippen molar-refractivity contribution in [2.45, 2.75) is 33.7 Å². The van der Waals surface area contributed by atoms with Crippen LogP contribution in [0, 0.1) is 19.8 Å². The summed E-state index contributed by atoms with van der Waals surface area (Å²) in [6, 6.07) is 2.08. The Kier molecular flexibility index (Phi) is 4.03. The van der Waals surface area contributed by atoms with Gasteiger partial charge >= 0.3 is 0 Å². The van der Waals surface area contributed by atoms with Gasteiger partial charge in [0.25, 0.3) is 0 Å². The maximum absolute atomic E-state index is 5.93. The summed E-state index contributed by atoms with van der Waals surface area (Å²) in [5.74, 6) is 2.12. The predicted molar refractivity (Wildman–Crippen MR) is 62.8 cm³/mol. The number of anilines is 1. The average molecular weight is 208 g/mol. The Bertz CT molecular complexity index is 302. The van der Waals surface area contributed by atoms with Crippen LogP contribution < -0.4 is 11.1 Å². The Hall–Kier alpha value is -1.16. The van der Waals surface area contributed by atoms with Gasteiger partial charge in [0.15, 0.2) is 0 Å². The Balaban J connectivity index is 2.57. The molecule has 1 rings (SSSR count). The van der Waals surface area contributed by atoms with Crippen molar-refractivity contribution in [2.24, 2.45) is 11.7 Å². The molecule has 0 fully saturated rings. The monoisotopic (exact) mass is 208 g/mol. The van der Waals surface area contributed by atoms with Crippen LogP contribution in [0.4, 0.5) is 5.82 Å². The number of nitrogens with one attached hydrogen (secondary N) is 1. The molecule has 0 spiro atoms. The van der Waals surface area contributed by atoms with E-state index >= 15 is 0 Å². The molecule has 0 bridgehead atoms. The summed E-state index contributed by atoms with van der Waals surface area (Å²) >= 11 is 0. The van der Waals surface area contributed by atoms with Gasteiger partial charge in [-0.05, 0) is 19.8 Å². The van der Waals surface area contributed by atoms with Crippen LogP contribution in [0.15, 0.2) is 6.07 Å². The molecule has 15 heavy (non-hydrogen) atoms. The molecule has 1 aromatic heterocycles. The first-order valence-electron chi connectivity index (χ1n) is 5.30. The second kappa shape index (κ2) is 5.07. The Morgan fingerprint density at radius 2 is 2.00 bits per heavy atom. The molecule has 84 valence electrons. The summed E-state index contributed by atoms with van der Waals surface area (Å²) < 4.78 is 0. The number of rotatable bonds is 4. The molecular weight excluding hydrogens is 188 g/mol. The van der Waals surface area contributed by atoms with E-state index in [-0.39, 0.29) is 6.04 Å². The van der Waals surface area contributed by atoms with Crippen LogP contribution in [0.2, 0.25) is 0 Å². The molecule has 0 saturated carbocycles. The molecule has 4 nitrogen and oxygen atoms in total. The summed E-state index contributed by atoms with van der Waals surface area (Å²) in [5.41, 5.74) is 6.91. The van der Waals surface area contributed by atoms with Crippen molar-refractivity contribution >= 4 is 5.82 Å².